The minimum absolute atomic E-state index is 0.0175. The molecule has 1 aromatic carbocycles. The largest absolute Gasteiger partial charge is 0.507 e. The number of benzene rings is 1. The maximum absolute atomic E-state index is 12.1. The molecule has 2 atom stereocenters. The van der Waals surface area contributed by atoms with Crippen LogP contribution in [0.3, 0.4) is 0 Å². The summed E-state index contributed by atoms with van der Waals surface area (Å²) in [5.41, 5.74) is 0.320. The molecule has 0 aromatic heterocycles. The first kappa shape index (κ1) is 14.8. The van der Waals surface area contributed by atoms with Gasteiger partial charge in [-0.15, -0.1) is 0 Å². The second-order valence-electron chi connectivity index (χ2n) is 4.98. The zero-order valence-electron chi connectivity index (χ0n) is 10.8. The Hall–Kier alpha value is -1.56. The topological polar surface area (TPSA) is 86.6 Å². The van der Waals surface area contributed by atoms with Gasteiger partial charge in [0.2, 0.25) is 0 Å². The summed E-state index contributed by atoms with van der Waals surface area (Å²) in [5.74, 6) is -1.77. The van der Waals surface area contributed by atoms with Crippen LogP contribution < -0.4 is 5.32 Å². The van der Waals surface area contributed by atoms with Gasteiger partial charge in [0.15, 0.2) is 0 Å². The van der Waals surface area contributed by atoms with Crippen LogP contribution in [-0.2, 0) is 4.79 Å². The van der Waals surface area contributed by atoms with Crippen molar-refractivity contribution in [1.29, 1.82) is 0 Å². The summed E-state index contributed by atoms with van der Waals surface area (Å²) in [6.45, 7) is 0. The van der Waals surface area contributed by atoms with E-state index in [4.69, 9.17) is 0 Å². The zero-order chi connectivity index (χ0) is 14.7. The van der Waals surface area contributed by atoms with Crippen molar-refractivity contribution in [2.24, 2.45) is 5.92 Å². The average molecular weight is 342 g/mol. The van der Waals surface area contributed by atoms with E-state index in [0.717, 1.165) is 12.8 Å². The number of carboxylic acids is 1. The number of nitrogens with one attached hydrogen (secondary N) is 1. The number of rotatable bonds is 3. The van der Waals surface area contributed by atoms with Crippen molar-refractivity contribution in [2.45, 2.75) is 31.7 Å². The Kier molecular flexibility index (Phi) is 4.65. The Labute approximate surface area is 125 Å². The highest BCUT2D eigenvalue weighted by Crippen LogP contribution is 2.26. The molecule has 0 radical (unpaired) electrons. The normalized spacial score (nSPS) is 22.2. The minimum atomic E-state index is -0.867. The maximum Gasteiger partial charge on any atom is 0.308 e. The fourth-order valence-electron chi connectivity index (χ4n) is 2.50. The van der Waals surface area contributed by atoms with E-state index in [1.165, 1.54) is 6.07 Å². The van der Waals surface area contributed by atoms with E-state index in [1.54, 1.807) is 12.1 Å². The SMILES string of the molecule is O=C(NC1CCCCC1C(=O)O)c1ccc(Br)c(O)c1. The Morgan fingerprint density at radius 2 is 1.95 bits per heavy atom. The van der Waals surface area contributed by atoms with Gasteiger partial charge in [0.25, 0.3) is 5.91 Å². The predicted molar refractivity (Wildman–Crippen MR) is 76.7 cm³/mol. The molecule has 5 nitrogen and oxygen atoms in total. The minimum Gasteiger partial charge on any atom is -0.507 e. The van der Waals surface area contributed by atoms with E-state index in [1.807, 2.05) is 0 Å². The van der Waals surface area contributed by atoms with E-state index >= 15 is 0 Å². The molecule has 3 N–H and O–H groups in total. The van der Waals surface area contributed by atoms with Crippen LogP contribution in [0.4, 0.5) is 0 Å². The predicted octanol–water partition coefficient (Wildman–Crippen LogP) is 2.53. The van der Waals surface area contributed by atoms with E-state index in [0.29, 0.717) is 22.9 Å². The van der Waals surface area contributed by atoms with Crippen LogP contribution in [0.5, 0.6) is 5.75 Å². The average Bonchev–Trinajstić information content (AvgIpc) is 2.42. The number of amides is 1. The van der Waals surface area contributed by atoms with Gasteiger partial charge in [0.05, 0.1) is 10.4 Å². The van der Waals surface area contributed by atoms with Crippen LogP contribution in [0.15, 0.2) is 22.7 Å². The first-order chi connectivity index (χ1) is 9.49. The molecule has 2 rings (SSSR count). The number of hydrogen-bond donors (Lipinski definition) is 3. The molecule has 1 saturated carbocycles. The van der Waals surface area contributed by atoms with Gasteiger partial charge in [-0.2, -0.15) is 0 Å². The molecule has 2 unspecified atom stereocenters. The molecule has 108 valence electrons. The summed E-state index contributed by atoms with van der Waals surface area (Å²) in [7, 11) is 0. The van der Waals surface area contributed by atoms with Crippen LogP contribution in [-0.4, -0.2) is 28.1 Å². The summed E-state index contributed by atoms with van der Waals surface area (Å²) in [4.78, 5) is 23.3. The first-order valence-corrected chi connectivity index (χ1v) is 7.30. The van der Waals surface area contributed by atoms with E-state index in [2.05, 4.69) is 21.2 Å². The second-order valence-corrected chi connectivity index (χ2v) is 5.83. The molecule has 20 heavy (non-hydrogen) atoms. The standard InChI is InChI=1S/C14H16BrNO4/c15-10-6-5-8(7-12(10)17)13(18)16-11-4-2-1-3-9(11)14(19)20/h5-7,9,11,17H,1-4H2,(H,16,18)(H,19,20). The number of carboxylic acid groups (broad SMARTS) is 1. The van der Waals surface area contributed by atoms with Crippen LogP contribution >= 0.6 is 15.9 Å². The summed E-state index contributed by atoms with van der Waals surface area (Å²) >= 11 is 3.15. The Balaban J connectivity index is 2.09. The molecule has 0 spiro atoms. The van der Waals surface area contributed by atoms with Crippen molar-refractivity contribution in [3.05, 3.63) is 28.2 Å². The molecular weight excluding hydrogens is 326 g/mol. The Morgan fingerprint density at radius 1 is 1.25 bits per heavy atom. The third kappa shape index (κ3) is 3.30. The highest BCUT2D eigenvalue weighted by molar-refractivity contribution is 9.10. The number of halogens is 1. The molecule has 1 amide bonds. The summed E-state index contributed by atoms with van der Waals surface area (Å²) in [6.07, 6.45) is 3.06. The molecule has 0 saturated heterocycles. The lowest BCUT2D eigenvalue weighted by Crippen LogP contribution is -2.45. The van der Waals surface area contributed by atoms with Gasteiger partial charge in [-0.3, -0.25) is 9.59 Å². The fraction of sp³-hybridized carbons (Fsp3) is 0.429. The van der Waals surface area contributed by atoms with Gasteiger partial charge >= 0.3 is 5.97 Å². The van der Waals surface area contributed by atoms with Crippen molar-refractivity contribution < 1.29 is 19.8 Å². The smallest absolute Gasteiger partial charge is 0.308 e. The van der Waals surface area contributed by atoms with Crippen LogP contribution in [0, 0.1) is 5.92 Å². The van der Waals surface area contributed by atoms with Gasteiger partial charge in [-0.25, -0.2) is 0 Å². The monoisotopic (exact) mass is 341 g/mol. The number of aliphatic carboxylic acids is 1. The molecule has 1 fully saturated rings. The molecule has 1 aliphatic rings. The number of hydrogen-bond acceptors (Lipinski definition) is 3. The lowest BCUT2D eigenvalue weighted by molar-refractivity contribution is -0.143. The van der Waals surface area contributed by atoms with Gasteiger partial charge in [0, 0.05) is 11.6 Å². The number of phenolic OH excluding ortho intramolecular Hbond substituents is 1. The highest BCUT2D eigenvalue weighted by atomic mass is 79.9. The molecule has 1 aromatic rings. The number of aromatic hydroxyl groups is 1. The highest BCUT2D eigenvalue weighted by Gasteiger charge is 2.32. The van der Waals surface area contributed by atoms with Crippen molar-refractivity contribution in [2.75, 3.05) is 0 Å². The number of carbonyl (C=O) groups excluding carboxylic acids is 1. The molecule has 0 bridgehead atoms. The van der Waals surface area contributed by atoms with Crippen LogP contribution in [0.2, 0.25) is 0 Å². The Bertz CT molecular complexity index is 532. The fourth-order valence-corrected chi connectivity index (χ4v) is 2.75. The third-order valence-electron chi connectivity index (χ3n) is 3.61. The Morgan fingerprint density at radius 3 is 2.60 bits per heavy atom. The summed E-state index contributed by atoms with van der Waals surface area (Å²) in [6, 6.07) is 4.18. The third-order valence-corrected chi connectivity index (χ3v) is 4.28. The van der Waals surface area contributed by atoms with E-state index in [-0.39, 0.29) is 17.7 Å². The lowest BCUT2D eigenvalue weighted by Gasteiger charge is -2.29. The molecular formula is C14H16BrNO4. The molecule has 6 heteroatoms. The molecule has 0 aliphatic heterocycles. The van der Waals surface area contributed by atoms with E-state index in [9.17, 15) is 19.8 Å². The molecule has 0 heterocycles. The number of carbonyl (C=O) groups is 2. The van der Waals surface area contributed by atoms with Gasteiger partial charge in [-0.05, 0) is 47.0 Å². The first-order valence-electron chi connectivity index (χ1n) is 6.51. The van der Waals surface area contributed by atoms with Gasteiger partial charge < -0.3 is 15.5 Å². The van der Waals surface area contributed by atoms with Gasteiger partial charge in [0.1, 0.15) is 5.75 Å². The van der Waals surface area contributed by atoms with Crippen molar-refractivity contribution in [3.63, 3.8) is 0 Å². The van der Waals surface area contributed by atoms with Crippen molar-refractivity contribution in [3.8, 4) is 5.75 Å². The van der Waals surface area contributed by atoms with E-state index < -0.39 is 11.9 Å². The zero-order valence-corrected chi connectivity index (χ0v) is 12.4. The van der Waals surface area contributed by atoms with Crippen LogP contribution in [0.25, 0.3) is 0 Å². The maximum atomic E-state index is 12.1. The lowest BCUT2D eigenvalue weighted by atomic mass is 9.84. The number of phenols is 1. The van der Waals surface area contributed by atoms with Gasteiger partial charge in [-0.1, -0.05) is 12.8 Å². The quantitative estimate of drug-likeness (QED) is 0.788. The second kappa shape index (κ2) is 6.26. The van der Waals surface area contributed by atoms with Crippen LogP contribution in [0.1, 0.15) is 36.0 Å². The van der Waals surface area contributed by atoms with Crippen molar-refractivity contribution in [1.82, 2.24) is 5.32 Å². The summed E-state index contributed by atoms with van der Waals surface area (Å²) < 4.78 is 0.509. The summed E-state index contributed by atoms with van der Waals surface area (Å²) in [5, 5.41) is 21.5. The molecule has 1 aliphatic carbocycles. The van der Waals surface area contributed by atoms with Crippen molar-refractivity contribution >= 4 is 27.8 Å².